The average Bonchev–Trinajstić information content (AvgIpc) is 2.38. The van der Waals surface area contributed by atoms with Crippen LogP contribution in [0, 0.1) is 0 Å². The summed E-state index contributed by atoms with van der Waals surface area (Å²) in [5.74, 6) is -1.03. The molecule has 0 radical (unpaired) electrons. The quantitative estimate of drug-likeness (QED) is 0.339. The van der Waals surface area contributed by atoms with Gasteiger partial charge in [-0.15, -0.1) is 0 Å². The summed E-state index contributed by atoms with van der Waals surface area (Å²) in [6, 6.07) is 0. The summed E-state index contributed by atoms with van der Waals surface area (Å²) < 4.78 is 81.1. The van der Waals surface area contributed by atoms with Gasteiger partial charge in [-0.2, -0.15) is 26.3 Å². The zero-order valence-electron chi connectivity index (χ0n) is 17.7. The maximum Gasteiger partial charge on any atom is 0.434 e. The Morgan fingerprint density at radius 3 is 1.61 bits per heavy atom. The van der Waals surface area contributed by atoms with E-state index < -0.39 is 41.2 Å². The van der Waals surface area contributed by atoms with Crippen molar-refractivity contribution in [3.8, 4) is 0 Å². The van der Waals surface area contributed by atoms with Gasteiger partial charge in [0.15, 0.2) is 0 Å². The molecule has 154 valence electrons. The van der Waals surface area contributed by atoms with Gasteiger partial charge >= 0.3 is 18.4 Å². The predicted octanol–water partition coefficient (Wildman–Crippen LogP) is -3.21. The second kappa shape index (κ2) is 7.16. The summed E-state index contributed by atoms with van der Waals surface area (Å²) >= 11 is 0. The molecule has 1 amide bonds. The molecular formula is C12H24B6F6N2O2. The lowest BCUT2D eigenvalue weighted by atomic mass is 9.34. The monoisotopic (exact) mass is 408 g/mol. The van der Waals surface area contributed by atoms with Crippen molar-refractivity contribution in [1.29, 1.82) is 0 Å². The van der Waals surface area contributed by atoms with Crippen LogP contribution in [0.1, 0.15) is 20.8 Å². The highest BCUT2D eigenvalue weighted by Gasteiger charge is 2.62. The van der Waals surface area contributed by atoms with Crippen LogP contribution in [0.5, 0.6) is 0 Å². The van der Waals surface area contributed by atoms with Crippen LogP contribution in [0.2, 0.25) is 0 Å². The molecule has 4 nitrogen and oxygen atoms in total. The van der Waals surface area contributed by atoms with E-state index in [0.717, 1.165) is 4.90 Å². The zero-order valence-corrected chi connectivity index (χ0v) is 17.7. The number of hydrogen-bond donors (Lipinski definition) is 0. The van der Waals surface area contributed by atoms with Crippen LogP contribution in [0.3, 0.4) is 0 Å². The second-order valence-electron chi connectivity index (χ2n) is 9.36. The molecule has 1 aliphatic heterocycles. The molecule has 0 N–H and O–H groups in total. The van der Waals surface area contributed by atoms with Gasteiger partial charge in [0.05, 0.1) is 0 Å². The zero-order chi connectivity index (χ0) is 22.7. The molecule has 0 aromatic heterocycles. The molecule has 28 heavy (non-hydrogen) atoms. The van der Waals surface area contributed by atoms with Crippen molar-refractivity contribution in [2.24, 2.45) is 0 Å². The van der Waals surface area contributed by atoms with E-state index in [1.165, 1.54) is 0 Å². The highest BCUT2D eigenvalue weighted by Crippen LogP contribution is 2.41. The number of halogens is 6. The number of ether oxygens (including phenoxy) is 1. The van der Waals surface area contributed by atoms with Crippen molar-refractivity contribution in [2.45, 2.75) is 67.3 Å². The van der Waals surface area contributed by atoms with Gasteiger partial charge in [0, 0.05) is 11.5 Å². The first kappa shape index (κ1) is 25.2. The number of carbonyl (C=O) groups excluding carboxylic acids is 1. The highest BCUT2D eigenvalue weighted by atomic mass is 19.4. The third kappa shape index (κ3) is 4.36. The molecule has 16 heteroatoms. The summed E-state index contributed by atoms with van der Waals surface area (Å²) in [4.78, 5) is 15.7. The first-order valence-electron chi connectivity index (χ1n) is 9.00. The molecule has 0 aliphatic carbocycles. The smallest absolute Gasteiger partial charge is 0.427 e. The molecule has 1 saturated heterocycles. The van der Waals surface area contributed by atoms with Crippen LogP contribution in [0.25, 0.3) is 0 Å². The largest absolute Gasteiger partial charge is 0.434 e. The van der Waals surface area contributed by atoms with Gasteiger partial charge in [-0.1, -0.05) is 0 Å². The van der Waals surface area contributed by atoms with E-state index in [1.807, 2.05) is 36.5 Å². The topological polar surface area (TPSA) is 32.8 Å². The van der Waals surface area contributed by atoms with Gasteiger partial charge in [-0.05, 0) is 37.4 Å². The molecule has 2 atom stereocenters. The summed E-state index contributed by atoms with van der Waals surface area (Å²) in [6.45, 7) is 5.89. The van der Waals surface area contributed by atoms with Crippen molar-refractivity contribution < 1.29 is 35.9 Å². The first-order valence-corrected chi connectivity index (χ1v) is 9.00. The van der Waals surface area contributed by atoms with Gasteiger partial charge in [-0.3, -0.25) is 0 Å². The van der Waals surface area contributed by atoms with Crippen LogP contribution in [0.15, 0.2) is 0 Å². The van der Waals surface area contributed by atoms with Crippen LogP contribution in [0.4, 0.5) is 31.1 Å². The summed E-state index contributed by atoms with van der Waals surface area (Å²) in [5.41, 5.74) is -0.356. The fourth-order valence-corrected chi connectivity index (χ4v) is 4.36. The minimum Gasteiger partial charge on any atom is -0.427 e. The van der Waals surface area contributed by atoms with Gasteiger partial charge in [-0.25, -0.2) is 4.79 Å². The van der Waals surface area contributed by atoms with E-state index >= 15 is 0 Å². The van der Waals surface area contributed by atoms with E-state index in [-0.39, 0.29) is 11.5 Å². The van der Waals surface area contributed by atoms with E-state index in [1.54, 1.807) is 31.4 Å². The Morgan fingerprint density at radius 2 is 1.29 bits per heavy atom. The van der Waals surface area contributed by atoms with E-state index in [0.29, 0.717) is 0 Å². The molecule has 1 heterocycles. The maximum atomic E-state index is 12.9. The lowest BCUT2D eigenvalue weighted by Gasteiger charge is -2.68. The van der Waals surface area contributed by atoms with Crippen molar-refractivity contribution in [3.05, 3.63) is 0 Å². The van der Waals surface area contributed by atoms with Crippen LogP contribution < -0.4 is 0 Å². The molecule has 1 fully saturated rings. The lowest BCUT2D eigenvalue weighted by molar-refractivity contribution is -0.309. The van der Waals surface area contributed by atoms with Crippen LogP contribution in [-0.2, 0) is 4.74 Å². The molecule has 1 rings (SSSR count). The molecule has 0 spiro atoms. The standard InChI is InChI=1S/C12H24B6F6N2O2/c1-8(2,3)26-5(14)4(13)25(11(15,16)12(26,17)18)7(27)28-6(9(19,20)21)10(22,23)24/h4-6H,13-18H2,1-3H3. The summed E-state index contributed by atoms with van der Waals surface area (Å²) in [6.07, 6.45) is -17.3. The van der Waals surface area contributed by atoms with Crippen molar-refractivity contribution in [2.75, 3.05) is 0 Å². The predicted molar refractivity (Wildman–Crippen MR) is 110 cm³/mol. The third-order valence-electron chi connectivity index (χ3n) is 5.95. The van der Waals surface area contributed by atoms with E-state index in [2.05, 4.69) is 9.64 Å². The second-order valence-corrected chi connectivity index (χ2v) is 9.36. The average molecular weight is 407 g/mol. The minimum atomic E-state index is -5.75. The number of hydrogen-bond acceptors (Lipinski definition) is 3. The Labute approximate surface area is 166 Å². The van der Waals surface area contributed by atoms with E-state index in [4.69, 9.17) is 0 Å². The molecule has 0 aromatic rings. The van der Waals surface area contributed by atoms with E-state index in [9.17, 15) is 31.1 Å². The summed E-state index contributed by atoms with van der Waals surface area (Å²) in [5, 5.41) is -1.90. The molecule has 0 saturated carbocycles. The van der Waals surface area contributed by atoms with Crippen molar-refractivity contribution in [1.82, 2.24) is 9.80 Å². The maximum absolute atomic E-state index is 12.9. The Balaban J connectivity index is 3.39. The normalized spacial score (nSPS) is 26.3. The van der Waals surface area contributed by atoms with Crippen LogP contribution in [-0.4, -0.2) is 110 Å². The van der Waals surface area contributed by atoms with Gasteiger partial charge < -0.3 is 14.5 Å². The number of carbonyl (C=O) groups is 1. The molecular weight excluding hydrogens is 383 g/mol. The molecule has 0 aromatic carbocycles. The Kier molecular flexibility index (Phi) is 6.45. The Bertz CT molecular complexity index is 595. The Hall–Kier alpha value is -0.800. The number of alkyl halides is 6. The minimum absolute atomic E-state index is 0.342. The fourth-order valence-electron chi connectivity index (χ4n) is 4.36. The third-order valence-corrected chi connectivity index (χ3v) is 5.95. The van der Waals surface area contributed by atoms with Crippen molar-refractivity contribution in [3.63, 3.8) is 0 Å². The van der Waals surface area contributed by atoms with Gasteiger partial charge in [0.1, 0.15) is 47.1 Å². The molecule has 0 bridgehead atoms. The number of rotatable bonds is 1. The number of amides is 1. The number of nitrogens with zero attached hydrogens (tertiary/aromatic N) is 2. The first-order chi connectivity index (χ1) is 12.1. The fraction of sp³-hybridized carbons (Fsp3) is 0.917. The van der Waals surface area contributed by atoms with Gasteiger partial charge in [0.2, 0.25) is 0 Å². The van der Waals surface area contributed by atoms with Gasteiger partial charge in [0.25, 0.3) is 6.10 Å². The highest BCUT2D eigenvalue weighted by molar-refractivity contribution is 6.55. The lowest BCUT2D eigenvalue weighted by Crippen LogP contribution is -2.86. The SMILES string of the molecule is BC1C(B)N(C(C)(C)C)C(B)(B)C(B)(B)N1C(=O)OC(C(F)(F)F)C(F)(F)F. The van der Waals surface area contributed by atoms with Crippen LogP contribution >= 0.6 is 0 Å². The molecule has 1 aliphatic rings. The van der Waals surface area contributed by atoms with Crippen molar-refractivity contribution >= 4 is 53.2 Å². The number of piperazine rings is 1. The Morgan fingerprint density at radius 1 is 0.893 bits per heavy atom. The molecule has 2 unspecified atom stereocenters. The summed E-state index contributed by atoms with van der Waals surface area (Å²) in [7, 11) is 10.2.